The Labute approximate surface area is 118 Å². The molecule has 98 valence electrons. The topological polar surface area (TPSA) is 26.3 Å². The summed E-state index contributed by atoms with van der Waals surface area (Å²) in [5, 5.41) is 0.590. The highest BCUT2D eigenvalue weighted by atomic mass is 35.5. The molecule has 0 aliphatic rings. The molecule has 0 radical (unpaired) electrons. The van der Waals surface area contributed by atoms with Gasteiger partial charge in [0.25, 0.3) is 0 Å². The van der Waals surface area contributed by atoms with E-state index in [4.69, 9.17) is 16.3 Å². The first-order valence-corrected chi connectivity index (χ1v) is 6.47. The fourth-order valence-electron chi connectivity index (χ4n) is 1.83. The summed E-state index contributed by atoms with van der Waals surface area (Å²) in [7, 11) is 0. The third kappa shape index (κ3) is 3.58. The van der Waals surface area contributed by atoms with Crippen LogP contribution in [0.15, 0.2) is 48.5 Å². The molecular formula is C16H15ClO2. The number of carbonyl (C=O) groups is 1. The zero-order chi connectivity index (χ0) is 13.8. The largest absolute Gasteiger partial charge is 0.483 e. The summed E-state index contributed by atoms with van der Waals surface area (Å²) in [6.45, 7) is 3.70. The number of ether oxygens (including phenoxy) is 1. The van der Waals surface area contributed by atoms with Crippen molar-refractivity contribution >= 4 is 17.4 Å². The van der Waals surface area contributed by atoms with Crippen LogP contribution in [0.2, 0.25) is 5.02 Å². The van der Waals surface area contributed by atoms with E-state index < -0.39 is 6.10 Å². The summed E-state index contributed by atoms with van der Waals surface area (Å²) in [5.74, 6) is 0.560. The van der Waals surface area contributed by atoms with Crippen LogP contribution in [0, 0.1) is 6.92 Å². The number of hydrogen-bond donors (Lipinski definition) is 0. The molecule has 1 atom stereocenters. The van der Waals surface area contributed by atoms with Crippen LogP contribution in [0.25, 0.3) is 0 Å². The molecule has 0 heterocycles. The maximum Gasteiger partial charge on any atom is 0.203 e. The summed E-state index contributed by atoms with van der Waals surface area (Å²) in [6, 6.07) is 14.5. The van der Waals surface area contributed by atoms with Gasteiger partial charge >= 0.3 is 0 Å². The first kappa shape index (κ1) is 13.6. The second kappa shape index (κ2) is 5.89. The number of aryl methyl sites for hydroxylation is 1. The van der Waals surface area contributed by atoms with Crippen molar-refractivity contribution < 1.29 is 9.53 Å². The van der Waals surface area contributed by atoms with Crippen LogP contribution in [-0.4, -0.2) is 11.9 Å². The minimum absolute atomic E-state index is 0.0383. The van der Waals surface area contributed by atoms with E-state index in [1.54, 1.807) is 37.3 Å². The quantitative estimate of drug-likeness (QED) is 0.777. The highest BCUT2D eigenvalue weighted by molar-refractivity contribution is 6.30. The van der Waals surface area contributed by atoms with Crippen molar-refractivity contribution in [2.75, 3.05) is 0 Å². The number of ketones is 1. The number of hydrogen-bond acceptors (Lipinski definition) is 2. The van der Waals surface area contributed by atoms with E-state index in [9.17, 15) is 4.79 Å². The van der Waals surface area contributed by atoms with E-state index in [-0.39, 0.29) is 5.78 Å². The average molecular weight is 275 g/mol. The van der Waals surface area contributed by atoms with E-state index in [1.807, 2.05) is 25.1 Å². The molecule has 0 aliphatic heterocycles. The van der Waals surface area contributed by atoms with Gasteiger partial charge in [0.05, 0.1) is 0 Å². The maximum atomic E-state index is 12.2. The van der Waals surface area contributed by atoms with Crippen LogP contribution in [0.4, 0.5) is 0 Å². The van der Waals surface area contributed by atoms with Gasteiger partial charge in [-0.1, -0.05) is 41.4 Å². The van der Waals surface area contributed by atoms with Gasteiger partial charge in [0, 0.05) is 10.6 Å². The van der Waals surface area contributed by atoms with E-state index in [1.165, 1.54) is 0 Å². The minimum atomic E-state index is -0.541. The zero-order valence-corrected chi connectivity index (χ0v) is 11.6. The van der Waals surface area contributed by atoms with Crippen LogP contribution in [0.1, 0.15) is 22.8 Å². The van der Waals surface area contributed by atoms with E-state index in [0.29, 0.717) is 16.3 Å². The molecule has 0 saturated heterocycles. The predicted molar refractivity (Wildman–Crippen MR) is 77.1 cm³/mol. The first-order valence-electron chi connectivity index (χ1n) is 6.09. The standard InChI is InChI=1S/C16H15ClO2/c1-11-5-3-6-13(9-11)16(18)12(2)19-15-8-4-7-14(17)10-15/h3-10,12H,1-2H3. The summed E-state index contributed by atoms with van der Waals surface area (Å²) in [4.78, 5) is 12.2. The lowest BCUT2D eigenvalue weighted by atomic mass is 10.0. The molecule has 2 nitrogen and oxygen atoms in total. The first-order chi connectivity index (χ1) is 9.06. The van der Waals surface area contributed by atoms with Gasteiger partial charge in [-0.2, -0.15) is 0 Å². The van der Waals surface area contributed by atoms with Gasteiger partial charge in [0.2, 0.25) is 5.78 Å². The Balaban J connectivity index is 2.12. The van der Waals surface area contributed by atoms with Crippen molar-refractivity contribution in [1.82, 2.24) is 0 Å². The van der Waals surface area contributed by atoms with Gasteiger partial charge in [-0.05, 0) is 38.1 Å². The van der Waals surface area contributed by atoms with Crippen molar-refractivity contribution in [2.45, 2.75) is 20.0 Å². The fourth-order valence-corrected chi connectivity index (χ4v) is 2.01. The number of halogens is 1. The van der Waals surface area contributed by atoms with Crippen molar-refractivity contribution in [3.63, 3.8) is 0 Å². The second-order valence-corrected chi connectivity index (χ2v) is 4.89. The second-order valence-electron chi connectivity index (χ2n) is 4.45. The van der Waals surface area contributed by atoms with Gasteiger partial charge in [0.15, 0.2) is 6.10 Å². The Hall–Kier alpha value is -1.80. The highest BCUT2D eigenvalue weighted by Gasteiger charge is 2.16. The third-order valence-corrected chi connectivity index (χ3v) is 3.02. The van der Waals surface area contributed by atoms with Crippen molar-refractivity contribution in [3.8, 4) is 5.75 Å². The molecule has 0 amide bonds. The number of rotatable bonds is 4. The van der Waals surface area contributed by atoms with Crippen LogP contribution < -0.4 is 4.74 Å². The van der Waals surface area contributed by atoms with Gasteiger partial charge < -0.3 is 4.74 Å². The molecule has 0 bridgehead atoms. The lowest BCUT2D eigenvalue weighted by Gasteiger charge is -2.14. The van der Waals surface area contributed by atoms with Crippen LogP contribution in [0.3, 0.4) is 0 Å². The molecule has 0 spiro atoms. The van der Waals surface area contributed by atoms with Gasteiger partial charge in [-0.25, -0.2) is 0 Å². The molecule has 0 N–H and O–H groups in total. The molecule has 3 heteroatoms. The van der Waals surface area contributed by atoms with Crippen LogP contribution in [0.5, 0.6) is 5.75 Å². The van der Waals surface area contributed by atoms with Gasteiger partial charge in [0.1, 0.15) is 5.75 Å². The predicted octanol–water partition coefficient (Wildman–Crippen LogP) is 4.30. The fraction of sp³-hybridized carbons (Fsp3) is 0.188. The van der Waals surface area contributed by atoms with E-state index in [0.717, 1.165) is 5.56 Å². The van der Waals surface area contributed by atoms with Gasteiger partial charge in [-0.3, -0.25) is 4.79 Å². The highest BCUT2D eigenvalue weighted by Crippen LogP contribution is 2.19. The average Bonchev–Trinajstić information content (AvgIpc) is 2.38. The summed E-state index contributed by atoms with van der Waals surface area (Å²) < 4.78 is 5.62. The zero-order valence-electron chi connectivity index (χ0n) is 10.9. The van der Waals surface area contributed by atoms with E-state index in [2.05, 4.69) is 0 Å². The molecule has 0 aromatic heterocycles. The number of benzene rings is 2. The lowest BCUT2D eigenvalue weighted by molar-refractivity contribution is 0.0818. The Kier molecular flexibility index (Phi) is 4.23. The molecule has 2 aromatic carbocycles. The van der Waals surface area contributed by atoms with Crippen molar-refractivity contribution in [2.24, 2.45) is 0 Å². The number of Topliss-reactive ketones (excluding diaryl/α,β-unsaturated/α-hetero) is 1. The maximum absolute atomic E-state index is 12.2. The Morgan fingerprint density at radius 1 is 1.16 bits per heavy atom. The molecular weight excluding hydrogens is 260 g/mol. The number of carbonyl (C=O) groups excluding carboxylic acids is 1. The normalized spacial score (nSPS) is 11.9. The SMILES string of the molecule is Cc1cccc(C(=O)C(C)Oc2cccc(Cl)c2)c1. The molecule has 2 aromatic rings. The molecule has 0 saturated carbocycles. The lowest BCUT2D eigenvalue weighted by Crippen LogP contribution is -2.23. The molecule has 0 fully saturated rings. The summed E-state index contributed by atoms with van der Waals surface area (Å²) in [6.07, 6.45) is -0.541. The van der Waals surface area contributed by atoms with E-state index >= 15 is 0 Å². The Morgan fingerprint density at radius 3 is 2.58 bits per heavy atom. The van der Waals surface area contributed by atoms with Crippen molar-refractivity contribution in [3.05, 3.63) is 64.7 Å². The van der Waals surface area contributed by atoms with Gasteiger partial charge in [-0.15, -0.1) is 0 Å². The smallest absolute Gasteiger partial charge is 0.203 e. The minimum Gasteiger partial charge on any atom is -0.483 e. The molecule has 1 unspecified atom stereocenters. The van der Waals surface area contributed by atoms with Crippen molar-refractivity contribution in [1.29, 1.82) is 0 Å². The summed E-state index contributed by atoms with van der Waals surface area (Å²) >= 11 is 5.88. The van der Waals surface area contributed by atoms with Crippen LogP contribution in [-0.2, 0) is 0 Å². The Bertz CT molecular complexity index is 593. The summed E-state index contributed by atoms with van der Waals surface area (Å²) in [5.41, 5.74) is 1.72. The van der Waals surface area contributed by atoms with Crippen LogP contribution >= 0.6 is 11.6 Å². The molecule has 2 rings (SSSR count). The molecule has 19 heavy (non-hydrogen) atoms. The third-order valence-electron chi connectivity index (χ3n) is 2.78. The Morgan fingerprint density at radius 2 is 1.89 bits per heavy atom. The monoisotopic (exact) mass is 274 g/mol. The molecule has 0 aliphatic carbocycles.